The van der Waals surface area contributed by atoms with E-state index in [9.17, 15) is 14.4 Å². The molecule has 2 aromatic rings. The minimum Gasteiger partial charge on any atom is -0.346 e. The lowest BCUT2D eigenvalue weighted by molar-refractivity contribution is -0.885. The summed E-state index contributed by atoms with van der Waals surface area (Å²) in [6.07, 6.45) is 0. The van der Waals surface area contributed by atoms with Gasteiger partial charge in [0.2, 0.25) is 0 Å². The predicted molar refractivity (Wildman–Crippen MR) is 98.0 cm³/mol. The lowest BCUT2D eigenvalue weighted by Gasteiger charge is -2.23. The van der Waals surface area contributed by atoms with Gasteiger partial charge in [0.25, 0.3) is 17.7 Å². The zero-order valence-corrected chi connectivity index (χ0v) is 14.2. The van der Waals surface area contributed by atoms with Gasteiger partial charge in [0.15, 0.2) is 13.1 Å². The molecule has 0 saturated carbocycles. The average molecular weight is 353 g/mol. The highest BCUT2D eigenvalue weighted by Crippen LogP contribution is 2.17. The lowest BCUT2D eigenvalue weighted by atomic mass is 10.1. The largest absolute Gasteiger partial charge is 0.346 e. The molecule has 0 aromatic heterocycles. The average Bonchev–Trinajstić information content (AvgIpc) is 2.63. The number of carbonyl (C=O) groups excluding carboxylic acids is 3. The van der Waals surface area contributed by atoms with Crippen molar-refractivity contribution in [3.05, 3.63) is 60.2 Å². The molecular weight excluding hydrogens is 332 g/mol. The Bertz CT molecular complexity index is 807. The van der Waals surface area contributed by atoms with Crippen LogP contribution in [-0.2, 0) is 9.59 Å². The maximum absolute atomic E-state index is 12.5. The number of nitrogens with one attached hydrogen (secondary N) is 4. The summed E-state index contributed by atoms with van der Waals surface area (Å²) in [4.78, 5) is 37.2. The lowest BCUT2D eigenvalue weighted by Crippen LogP contribution is -3.16. The van der Waals surface area contributed by atoms with Gasteiger partial charge in [0, 0.05) is 5.69 Å². The van der Waals surface area contributed by atoms with Gasteiger partial charge in [0.1, 0.15) is 0 Å². The van der Waals surface area contributed by atoms with E-state index in [2.05, 4.69) is 16.0 Å². The van der Waals surface area contributed by atoms with Crippen LogP contribution in [0.4, 0.5) is 11.4 Å². The van der Waals surface area contributed by atoms with Crippen molar-refractivity contribution in [1.29, 1.82) is 0 Å². The van der Waals surface area contributed by atoms with Gasteiger partial charge in [-0.3, -0.25) is 14.4 Å². The number of quaternary nitrogens is 1. The first-order chi connectivity index (χ1) is 12.6. The van der Waals surface area contributed by atoms with Crippen molar-refractivity contribution in [3.63, 3.8) is 0 Å². The van der Waals surface area contributed by atoms with Gasteiger partial charge in [-0.1, -0.05) is 30.3 Å². The Kier molecular flexibility index (Phi) is 5.60. The summed E-state index contributed by atoms with van der Waals surface area (Å²) in [5.74, 6) is -0.576. The van der Waals surface area contributed by atoms with Crippen molar-refractivity contribution in [1.82, 2.24) is 5.32 Å². The van der Waals surface area contributed by atoms with Crippen LogP contribution in [0.25, 0.3) is 0 Å². The molecule has 1 aliphatic heterocycles. The van der Waals surface area contributed by atoms with Gasteiger partial charge in [-0.2, -0.15) is 0 Å². The van der Waals surface area contributed by atoms with E-state index in [-0.39, 0.29) is 30.8 Å². The maximum Gasteiger partial charge on any atom is 0.279 e. The van der Waals surface area contributed by atoms with E-state index in [1.54, 1.807) is 36.4 Å². The Balaban J connectivity index is 1.65. The van der Waals surface area contributed by atoms with E-state index in [0.717, 1.165) is 4.90 Å². The van der Waals surface area contributed by atoms with Gasteiger partial charge < -0.3 is 20.9 Å². The Hall–Kier alpha value is -3.19. The fraction of sp³-hybridized carbons (Fsp3) is 0.211. The molecule has 134 valence electrons. The molecule has 3 amide bonds. The monoisotopic (exact) mass is 353 g/mol. The van der Waals surface area contributed by atoms with Crippen molar-refractivity contribution in [2.24, 2.45) is 0 Å². The quantitative estimate of drug-likeness (QED) is 0.605. The third-order valence-electron chi connectivity index (χ3n) is 4.10. The van der Waals surface area contributed by atoms with Crippen molar-refractivity contribution in [2.75, 3.05) is 36.8 Å². The molecule has 1 aliphatic rings. The molecule has 3 rings (SSSR count). The maximum atomic E-state index is 12.5. The molecule has 1 saturated heterocycles. The van der Waals surface area contributed by atoms with E-state index in [4.69, 9.17) is 0 Å². The van der Waals surface area contributed by atoms with Crippen LogP contribution in [-0.4, -0.2) is 43.9 Å². The number of piperazine rings is 1. The first-order valence-electron chi connectivity index (χ1n) is 8.47. The van der Waals surface area contributed by atoms with Crippen LogP contribution in [0.2, 0.25) is 0 Å². The molecule has 7 heteroatoms. The zero-order valence-electron chi connectivity index (χ0n) is 14.2. The second-order valence-corrected chi connectivity index (χ2v) is 6.12. The van der Waals surface area contributed by atoms with Crippen LogP contribution in [0.5, 0.6) is 0 Å². The zero-order chi connectivity index (χ0) is 18.4. The number of rotatable bonds is 5. The topological polar surface area (TPSA) is 91.7 Å². The van der Waals surface area contributed by atoms with E-state index < -0.39 is 0 Å². The fourth-order valence-corrected chi connectivity index (χ4v) is 2.84. The Morgan fingerprint density at radius 3 is 2.50 bits per heavy atom. The highest BCUT2D eigenvalue weighted by Gasteiger charge is 2.23. The van der Waals surface area contributed by atoms with Crippen molar-refractivity contribution < 1.29 is 19.3 Å². The highest BCUT2D eigenvalue weighted by atomic mass is 16.2. The molecule has 1 heterocycles. The number of anilines is 2. The summed E-state index contributed by atoms with van der Waals surface area (Å²) >= 11 is 0. The number of amides is 3. The second-order valence-electron chi connectivity index (χ2n) is 6.12. The number of carbonyl (C=O) groups is 3. The second kappa shape index (κ2) is 8.26. The first kappa shape index (κ1) is 17.6. The summed E-state index contributed by atoms with van der Waals surface area (Å²) in [7, 11) is 0. The van der Waals surface area contributed by atoms with Gasteiger partial charge in [0.05, 0.1) is 24.3 Å². The Morgan fingerprint density at radius 2 is 1.73 bits per heavy atom. The first-order valence-corrected chi connectivity index (χ1v) is 8.47. The van der Waals surface area contributed by atoms with E-state index in [1.165, 1.54) is 0 Å². The molecule has 7 nitrogen and oxygen atoms in total. The van der Waals surface area contributed by atoms with Crippen LogP contribution >= 0.6 is 0 Å². The molecule has 26 heavy (non-hydrogen) atoms. The van der Waals surface area contributed by atoms with Crippen LogP contribution in [0, 0.1) is 0 Å². The number of benzene rings is 2. The third-order valence-corrected chi connectivity index (χ3v) is 4.10. The van der Waals surface area contributed by atoms with E-state index >= 15 is 0 Å². The number of para-hydroxylation sites is 2. The van der Waals surface area contributed by atoms with Crippen molar-refractivity contribution in [2.45, 2.75) is 0 Å². The van der Waals surface area contributed by atoms with E-state index in [0.29, 0.717) is 30.0 Å². The predicted octanol–water partition coefficient (Wildman–Crippen LogP) is -0.108. The van der Waals surface area contributed by atoms with Gasteiger partial charge >= 0.3 is 0 Å². The summed E-state index contributed by atoms with van der Waals surface area (Å²) in [6, 6.07) is 16.0. The molecule has 1 unspecified atom stereocenters. The molecule has 2 aromatic carbocycles. The van der Waals surface area contributed by atoms with Crippen molar-refractivity contribution >= 4 is 29.1 Å². The molecular formula is C19H21N4O3+. The van der Waals surface area contributed by atoms with Crippen LogP contribution < -0.4 is 20.9 Å². The van der Waals surface area contributed by atoms with E-state index in [1.807, 2.05) is 18.2 Å². The Morgan fingerprint density at radius 1 is 1.00 bits per heavy atom. The number of hydrogen-bond acceptors (Lipinski definition) is 3. The highest BCUT2D eigenvalue weighted by molar-refractivity contribution is 6.10. The summed E-state index contributed by atoms with van der Waals surface area (Å²) in [5.41, 5.74) is 1.52. The minimum atomic E-state index is -0.295. The molecule has 0 spiro atoms. The molecule has 0 radical (unpaired) electrons. The third kappa shape index (κ3) is 4.67. The van der Waals surface area contributed by atoms with Crippen LogP contribution in [0.15, 0.2) is 54.6 Å². The summed E-state index contributed by atoms with van der Waals surface area (Å²) in [5, 5.41) is 8.34. The summed E-state index contributed by atoms with van der Waals surface area (Å²) in [6.45, 7) is 1.73. The molecule has 4 N–H and O–H groups in total. The summed E-state index contributed by atoms with van der Waals surface area (Å²) < 4.78 is 0. The minimum absolute atomic E-state index is 0.0540. The van der Waals surface area contributed by atoms with Gasteiger partial charge in [-0.05, 0) is 24.3 Å². The SMILES string of the molecule is O=C1C[NH+](CC(=O)Nc2ccccc2C(=O)Nc2ccccc2)CCN1. The van der Waals surface area contributed by atoms with Crippen molar-refractivity contribution in [3.8, 4) is 0 Å². The molecule has 0 bridgehead atoms. The van der Waals surface area contributed by atoms with Gasteiger partial charge in [-0.25, -0.2) is 0 Å². The molecule has 0 aliphatic carbocycles. The standard InChI is InChI=1S/C19H20N4O3/c24-17-12-23(11-10-20-17)13-18(25)22-16-9-5-4-8-15(16)19(26)21-14-6-2-1-3-7-14/h1-9H,10-13H2,(H,20,24)(H,21,26)(H,22,25)/p+1. The normalized spacial score (nSPS) is 16.5. The molecule has 1 atom stereocenters. The smallest absolute Gasteiger partial charge is 0.279 e. The van der Waals surface area contributed by atoms with Gasteiger partial charge in [-0.15, -0.1) is 0 Å². The van der Waals surface area contributed by atoms with Crippen LogP contribution in [0.3, 0.4) is 0 Å². The van der Waals surface area contributed by atoms with Crippen LogP contribution in [0.1, 0.15) is 10.4 Å². The molecule has 1 fully saturated rings. The Labute approximate surface area is 151 Å². The number of hydrogen-bond donors (Lipinski definition) is 4. The fourth-order valence-electron chi connectivity index (χ4n) is 2.84.